The zero-order chi connectivity index (χ0) is 16.9. The minimum atomic E-state index is -0.423. The second-order valence-electron chi connectivity index (χ2n) is 5.09. The average molecular weight is 326 g/mol. The SMILES string of the molecule is N/C(=C\Nc1ccccc1F)COc1ccc2ccc(=O)oc2c1. The van der Waals surface area contributed by atoms with Gasteiger partial charge in [-0.05, 0) is 30.3 Å². The van der Waals surface area contributed by atoms with Gasteiger partial charge in [-0.25, -0.2) is 9.18 Å². The van der Waals surface area contributed by atoms with Crippen molar-refractivity contribution in [3.8, 4) is 5.75 Å². The van der Waals surface area contributed by atoms with Crippen LogP contribution in [-0.2, 0) is 0 Å². The number of nitrogens with two attached hydrogens (primary N) is 1. The molecule has 0 aliphatic rings. The third-order valence-electron chi connectivity index (χ3n) is 3.29. The first-order chi connectivity index (χ1) is 11.6. The highest BCUT2D eigenvalue weighted by Gasteiger charge is 2.02. The van der Waals surface area contributed by atoms with Gasteiger partial charge in [-0.3, -0.25) is 0 Å². The van der Waals surface area contributed by atoms with E-state index in [1.165, 1.54) is 18.3 Å². The van der Waals surface area contributed by atoms with Crippen molar-refractivity contribution in [1.29, 1.82) is 0 Å². The molecule has 0 atom stereocenters. The Balaban J connectivity index is 1.65. The van der Waals surface area contributed by atoms with E-state index in [-0.39, 0.29) is 12.4 Å². The fourth-order valence-electron chi connectivity index (χ4n) is 2.09. The van der Waals surface area contributed by atoms with Gasteiger partial charge in [-0.2, -0.15) is 0 Å². The lowest BCUT2D eigenvalue weighted by molar-refractivity contribution is 0.350. The minimum Gasteiger partial charge on any atom is -0.487 e. The number of nitrogens with one attached hydrogen (secondary N) is 1. The van der Waals surface area contributed by atoms with E-state index in [4.69, 9.17) is 14.9 Å². The Kier molecular flexibility index (Phi) is 4.47. The third kappa shape index (κ3) is 3.73. The second kappa shape index (κ2) is 6.87. The van der Waals surface area contributed by atoms with Gasteiger partial charge in [0.05, 0.1) is 11.4 Å². The average Bonchev–Trinajstić information content (AvgIpc) is 2.59. The zero-order valence-electron chi connectivity index (χ0n) is 12.7. The van der Waals surface area contributed by atoms with Crippen molar-refractivity contribution in [3.05, 3.63) is 82.7 Å². The van der Waals surface area contributed by atoms with E-state index in [9.17, 15) is 9.18 Å². The highest BCUT2D eigenvalue weighted by molar-refractivity contribution is 5.77. The summed E-state index contributed by atoms with van der Waals surface area (Å²) in [6.07, 6.45) is 1.47. The summed E-state index contributed by atoms with van der Waals surface area (Å²) in [7, 11) is 0. The zero-order valence-corrected chi connectivity index (χ0v) is 12.7. The van der Waals surface area contributed by atoms with Crippen LogP contribution in [0, 0.1) is 5.82 Å². The molecule has 0 fully saturated rings. The van der Waals surface area contributed by atoms with Crippen molar-refractivity contribution < 1.29 is 13.5 Å². The summed E-state index contributed by atoms with van der Waals surface area (Å²) < 4.78 is 24.1. The number of anilines is 1. The van der Waals surface area contributed by atoms with Crippen LogP contribution in [0.4, 0.5) is 10.1 Å². The van der Waals surface area contributed by atoms with E-state index in [0.29, 0.717) is 22.7 Å². The Hall–Kier alpha value is -3.28. The standard InChI is InChI=1S/C18H15FN2O3/c19-15-3-1-2-4-16(15)21-10-13(20)11-23-14-7-5-12-6-8-18(22)24-17(12)9-14/h1-10,21H,11,20H2/b13-10-. The summed E-state index contributed by atoms with van der Waals surface area (Å²) >= 11 is 0. The molecule has 0 saturated heterocycles. The maximum Gasteiger partial charge on any atom is 0.336 e. The van der Waals surface area contributed by atoms with Gasteiger partial charge in [-0.1, -0.05) is 12.1 Å². The Morgan fingerprint density at radius 1 is 1.21 bits per heavy atom. The van der Waals surface area contributed by atoms with Crippen LogP contribution >= 0.6 is 0 Å². The van der Waals surface area contributed by atoms with Gasteiger partial charge in [0.2, 0.25) is 0 Å². The van der Waals surface area contributed by atoms with E-state index in [0.717, 1.165) is 5.39 Å². The molecule has 0 aliphatic carbocycles. The smallest absolute Gasteiger partial charge is 0.336 e. The van der Waals surface area contributed by atoms with Crippen LogP contribution in [0.2, 0.25) is 0 Å². The van der Waals surface area contributed by atoms with Gasteiger partial charge in [-0.15, -0.1) is 0 Å². The maximum absolute atomic E-state index is 13.5. The van der Waals surface area contributed by atoms with Crippen molar-refractivity contribution in [1.82, 2.24) is 0 Å². The lowest BCUT2D eigenvalue weighted by atomic mass is 10.2. The van der Waals surface area contributed by atoms with E-state index < -0.39 is 5.63 Å². The molecule has 0 radical (unpaired) electrons. The molecule has 0 amide bonds. The highest BCUT2D eigenvalue weighted by atomic mass is 19.1. The van der Waals surface area contributed by atoms with Crippen LogP contribution in [-0.4, -0.2) is 6.61 Å². The molecule has 3 rings (SSSR count). The van der Waals surface area contributed by atoms with Crippen LogP contribution in [0.3, 0.4) is 0 Å². The van der Waals surface area contributed by atoms with Gasteiger partial charge in [0.15, 0.2) is 0 Å². The second-order valence-corrected chi connectivity index (χ2v) is 5.09. The van der Waals surface area contributed by atoms with Crippen molar-refractivity contribution in [2.75, 3.05) is 11.9 Å². The first kappa shape index (κ1) is 15.6. The molecule has 122 valence electrons. The fourth-order valence-corrected chi connectivity index (χ4v) is 2.09. The summed E-state index contributed by atoms with van der Waals surface area (Å²) in [5, 5.41) is 3.58. The normalized spacial score (nSPS) is 11.5. The first-order valence-electron chi connectivity index (χ1n) is 7.24. The van der Waals surface area contributed by atoms with Crippen molar-refractivity contribution in [3.63, 3.8) is 0 Å². The molecule has 0 aliphatic heterocycles. The number of para-hydroxylation sites is 1. The molecule has 3 aromatic rings. The minimum absolute atomic E-state index is 0.101. The molecule has 6 heteroatoms. The molecule has 2 aromatic carbocycles. The van der Waals surface area contributed by atoms with Crippen LogP contribution in [0.15, 0.2) is 75.7 Å². The molecular weight excluding hydrogens is 311 g/mol. The van der Waals surface area contributed by atoms with Crippen molar-refractivity contribution >= 4 is 16.7 Å². The Bertz CT molecular complexity index is 950. The number of hydrogen-bond acceptors (Lipinski definition) is 5. The van der Waals surface area contributed by atoms with Crippen LogP contribution < -0.4 is 21.4 Å². The predicted octanol–water partition coefficient (Wildman–Crippen LogP) is 3.22. The molecule has 3 N–H and O–H groups in total. The number of halogens is 1. The molecule has 5 nitrogen and oxygen atoms in total. The molecule has 0 saturated carbocycles. The predicted molar refractivity (Wildman–Crippen MR) is 90.3 cm³/mol. The summed E-state index contributed by atoms with van der Waals surface area (Å²) in [5.41, 5.74) is 6.56. The van der Waals surface area contributed by atoms with E-state index in [2.05, 4.69) is 5.32 Å². The molecule has 0 spiro atoms. The monoisotopic (exact) mass is 326 g/mol. The number of rotatable bonds is 5. The van der Waals surface area contributed by atoms with Gasteiger partial charge >= 0.3 is 5.63 Å². The summed E-state index contributed by atoms with van der Waals surface area (Å²) in [5.74, 6) is 0.145. The largest absolute Gasteiger partial charge is 0.487 e. The summed E-state index contributed by atoms with van der Waals surface area (Å²) in [6, 6.07) is 14.5. The van der Waals surface area contributed by atoms with Gasteiger partial charge in [0.25, 0.3) is 0 Å². The van der Waals surface area contributed by atoms with Gasteiger partial charge < -0.3 is 20.2 Å². The lowest BCUT2D eigenvalue weighted by Crippen LogP contribution is -2.11. The number of ether oxygens (including phenoxy) is 1. The van der Waals surface area contributed by atoms with Crippen LogP contribution in [0.25, 0.3) is 11.0 Å². The first-order valence-corrected chi connectivity index (χ1v) is 7.24. The Morgan fingerprint density at radius 2 is 2.00 bits per heavy atom. The third-order valence-corrected chi connectivity index (χ3v) is 3.29. The van der Waals surface area contributed by atoms with Gasteiger partial charge in [0.1, 0.15) is 23.8 Å². The molecular formula is C18H15FN2O3. The number of hydrogen-bond donors (Lipinski definition) is 2. The van der Waals surface area contributed by atoms with Crippen LogP contribution in [0.5, 0.6) is 5.75 Å². The molecule has 1 aromatic heterocycles. The van der Waals surface area contributed by atoms with E-state index >= 15 is 0 Å². The van der Waals surface area contributed by atoms with Crippen molar-refractivity contribution in [2.45, 2.75) is 0 Å². The number of benzene rings is 2. The topological polar surface area (TPSA) is 77.5 Å². The quantitative estimate of drug-likeness (QED) is 0.704. The Labute approximate surface area is 137 Å². The van der Waals surface area contributed by atoms with Crippen LogP contribution in [0.1, 0.15) is 0 Å². The van der Waals surface area contributed by atoms with Gasteiger partial charge in [0, 0.05) is 23.7 Å². The highest BCUT2D eigenvalue weighted by Crippen LogP contribution is 2.19. The fraction of sp³-hybridized carbons (Fsp3) is 0.0556. The summed E-state index contributed by atoms with van der Waals surface area (Å²) in [4.78, 5) is 11.2. The molecule has 24 heavy (non-hydrogen) atoms. The lowest BCUT2D eigenvalue weighted by Gasteiger charge is -2.08. The number of fused-ring (bicyclic) bond motifs is 1. The molecule has 0 unspecified atom stereocenters. The molecule has 0 bridgehead atoms. The maximum atomic E-state index is 13.5. The van der Waals surface area contributed by atoms with E-state index in [1.54, 1.807) is 42.5 Å². The Morgan fingerprint density at radius 3 is 2.83 bits per heavy atom. The summed E-state index contributed by atoms with van der Waals surface area (Å²) in [6.45, 7) is 0.101. The van der Waals surface area contributed by atoms with Crippen molar-refractivity contribution in [2.24, 2.45) is 5.73 Å². The van der Waals surface area contributed by atoms with E-state index in [1.807, 2.05) is 0 Å². The molecule has 1 heterocycles.